The van der Waals surface area contributed by atoms with E-state index in [9.17, 15) is 0 Å². The Labute approximate surface area is 144 Å². The van der Waals surface area contributed by atoms with E-state index in [2.05, 4.69) is 41.1 Å². The van der Waals surface area contributed by atoms with Crippen LogP contribution in [-0.4, -0.2) is 29.5 Å². The lowest BCUT2D eigenvalue weighted by atomic mass is 9.95. The molecule has 1 aliphatic heterocycles. The van der Waals surface area contributed by atoms with Gasteiger partial charge in [0.15, 0.2) is 0 Å². The lowest BCUT2D eigenvalue weighted by molar-refractivity contribution is 0.161. The van der Waals surface area contributed by atoms with E-state index in [0.29, 0.717) is 5.89 Å². The van der Waals surface area contributed by atoms with E-state index in [1.807, 2.05) is 0 Å². The first-order chi connectivity index (χ1) is 10.7. The highest BCUT2D eigenvalue weighted by atomic mass is 35.5. The zero-order valence-electron chi connectivity index (χ0n) is 13.7. The maximum atomic E-state index is 5.69. The van der Waals surface area contributed by atoms with Crippen LogP contribution in [0, 0.1) is 12.8 Å². The standard InChI is InChI=1S/C18H25N3O.ClH/c1-14-4-6-16(7-5-14)18-20-17(13-22-18)12-21-10-2-3-15(11-21)8-9-19;/h4-7,13,15H,2-3,8-12,19H2,1H3;1H. The quantitative estimate of drug-likeness (QED) is 0.906. The predicted molar refractivity (Wildman–Crippen MR) is 95.6 cm³/mol. The molecule has 0 amide bonds. The summed E-state index contributed by atoms with van der Waals surface area (Å²) in [7, 11) is 0. The summed E-state index contributed by atoms with van der Waals surface area (Å²) >= 11 is 0. The van der Waals surface area contributed by atoms with Gasteiger partial charge in [0.05, 0.1) is 5.69 Å². The first kappa shape index (κ1) is 18.0. The van der Waals surface area contributed by atoms with Crippen molar-refractivity contribution in [1.82, 2.24) is 9.88 Å². The lowest BCUT2D eigenvalue weighted by Gasteiger charge is -2.31. The molecule has 0 saturated carbocycles. The molecule has 0 spiro atoms. The minimum Gasteiger partial charge on any atom is -0.444 e. The van der Waals surface area contributed by atoms with Gasteiger partial charge < -0.3 is 10.2 Å². The number of rotatable bonds is 5. The van der Waals surface area contributed by atoms with Crippen molar-refractivity contribution in [2.45, 2.75) is 32.7 Å². The fourth-order valence-electron chi connectivity index (χ4n) is 3.20. The van der Waals surface area contributed by atoms with Crippen LogP contribution >= 0.6 is 12.4 Å². The minimum atomic E-state index is 0. The van der Waals surface area contributed by atoms with Gasteiger partial charge in [-0.25, -0.2) is 4.98 Å². The van der Waals surface area contributed by atoms with Crippen molar-refractivity contribution in [3.8, 4) is 11.5 Å². The fraction of sp³-hybridized carbons (Fsp3) is 0.500. The van der Waals surface area contributed by atoms with Crippen molar-refractivity contribution in [1.29, 1.82) is 0 Å². The molecule has 2 heterocycles. The van der Waals surface area contributed by atoms with E-state index in [0.717, 1.165) is 49.8 Å². The van der Waals surface area contributed by atoms with Gasteiger partial charge in [0, 0.05) is 18.7 Å². The average Bonchev–Trinajstić information content (AvgIpc) is 2.97. The zero-order valence-corrected chi connectivity index (χ0v) is 14.5. The van der Waals surface area contributed by atoms with Crippen molar-refractivity contribution in [2.24, 2.45) is 11.7 Å². The molecule has 5 heteroatoms. The molecule has 4 nitrogen and oxygen atoms in total. The molecule has 0 aliphatic carbocycles. The number of aromatic nitrogens is 1. The second-order valence-electron chi connectivity index (χ2n) is 6.33. The van der Waals surface area contributed by atoms with Gasteiger partial charge in [0.2, 0.25) is 5.89 Å². The highest BCUT2D eigenvalue weighted by Gasteiger charge is 2.20. The maximum Gasteiger partial charge on any atom is 0.226 e. The van der Waals surface area contributed by atoms with E-state index in [4.69, 9.17) is 10.2 Å². The van der Waals surface area contributed by atoms with Crippen LogP contribution in [-0.2, 0) is 6.54 Å². The predicted octanol–water partition coefficient (Wildman–Crippen LogP) is 3.63. The van der Waals surface area contributed by atoms with E-state index in [1.165, 1.54) is 18.4 Å². The number of piperidine rings is 1. The molecule has 1 atom stereocenters. The van der Waals surface area contributed by atoms with Crippen LogP contribution in [0.25, 0.3) is 11.5 Å². The number of hydrogen-bond donors (Lipinski definition) is 1. The maximum absolute atomic E-state index is 5.69. The highest BCUT2D eigenvalue weighted by Crippen LogP contribution is 2.23. The summed E-state index contributed by atoms with van der Waals surface area (Å²) in [6, 6.07) is 8.29. The summed E-state index contributed by atoms with van der Waals surface area (Å²) in [5.41, 5.74) is 8.99. The number of aryl methyl sites for hydroxylation is 1. The Morgan fingerprint density at radius 3 is 2.83 bits per heavy atom. The van der Waals surface area contributed by atoms with Gasteiger partial charge in [-0.05, 0) is 57.3 Å². The summed E-state index contributed by atoms with van der Waals surface area (Å²) in [5.74, 6) is 1.45. The zero-order chi connectivity index (χ0) is 15.4. The molecule has 1 fully saturated rings. The van der Waals surface area contributed by atoms with Gasteiger partial charge in [0.1, 0.15) is 6.26 Å². The number of hydrogen-bond acceptors (Lipinski definition) is 4. The molecule has 23 heavy (non-hydrogen) atoms. The molecular weight excluding hydrogens is 310 g/mol. The number of nitrogens with two attached hydrogens (primary N) is 1. The third-order valence-corrected chi connectivity index (χ3v) is 4.41. The second kappa shape index (κ2) is 8.48. The monoisotopic (exact) mass is 335 g/mol. The molecule has 0 radical (unpaired) electrons. The molecule has 1 aromatic heterocycles. The molecule has 1 saturated heterocycles. The van der Waals surface area contributed by atoms with Gasteiger partial charge in [-0.15, -0.1) is 12.4 Å². The van der Waals surface area contributed by atoms with Crippen molar-refractivity contribution < 1.29 is 4.42 Å². The van der Waals surface area contributed by atoms with Crippen LogP contribution in [0.15, 0.2) is 34.9 Å². The molecular formula is C18H26ClN3O. The SMILES string of the molecule is Cc1ccc(-c2nc(CN3CCCC(CCN)C3)co2)cc1.Cl. The topological polar surface area (TPSA) is 55.3 Å². The Morgan fingerprint density at radius 2 is 2.09 bits per heavy atom. The first-order valence-corrected chi connectivity index (χ1v) is 8.18. The van der Waals surface area contributed by atoms with Gasteiger partial charge in [-0.2, -0.15) is 0 Å². The first-order valence-electron chi connectivity index (χ1n) is 8.18. The molecule has 0 bridgehead atoms. The molecule has 1 unspecified atom stereocenters. The van der Waals surface area contributed by atoms with Gasteiger partial charge in [0.25, 0.3) is 0 Å². The minimum absolute atomic E-state index is 0. The van der Waals surface area contributed by atoms with Gasteiger partial charge in [-0.1, -0.05) is 17.7 Å². The Kier molecular flexibility index (Phi) is 6.63. The van der Waals surface area contributed by atoms with Crippen molar-refractivity contribution in [2.75, 3.05) is 19.6 Å². The summed E-state index contributed by atoms with van der Waals surface area (Å²) < 4.78 is 5.65. The summed E-state index contributed by atoms with van der Waals surface area (Å²) in [5, 5.41) is 0. The average molecular weight is 336 g/mol. The molecule has 1 aromatic carbocycles. The van der Waals surface area contributed by atoms with E-state index >= 15 is 0 Å². The molecule has 1 aliphatic rings. The highest BCUT2D eigenvalue weighted by molar-refractivity contribution is 5.85. The van der Waals surface area contributed by atoms with Crippen molar-refractivity contribution in [3.63, 3.8) is 0 Å². The van der Waals surface area contributed by atoms with Crippen LogP contribution in [0.1, 0.15) is 30.5 Å². The van der Waals surface area contributed by atoms with Crippen LogP contribution in [0.4, 0.5) is 0 Å². The second-order valence-corrected chi connectivity index (χ2v) is 6.33. The molecule has 126 valence electrons. The number of likely N-dealkylation sites (tertiary alicyclic amines) is 1. The van der Waals surface area contributed by atoms with Gasteiger partial charge in [-0.3, -0.25) is 4.90 Å². The Bertz CT molecular complexity index is 595. The normalized spacial score (nSPS) is 18.6. The van der Waals surface area contributed by atoms with Crippen molar-refractivity contribution in [3.05, 3.63) is 41.8 Å². The van der Waals surface area contributed by atoms with Crippen LogP contribution in [0.5, 0.6) is 0 Å². The summed E-state index contributed by atoms with van der Waals surface area (Å²) in [4.78, 5) is 7.12. The Hall–Kier alpha value is -1.36. The number of nitrogens with zero attached hydrogens (tertiary/aromatic N) is 2. The van der Waals surface area contributed by atoms with Crippen molar-refractivity contribution >= 4 is 12.4 Å². The summed E-state index contributed by atoms with van der Waals surface area (Å²) in [6.07, 6.45) is 5.49. The van der Waals surface area contributed by atoms with Crippen LogP contribution < -0.4 is 5.73 Å². The lowest BCUT2D eigenvalue weighted by Crippen LogP contribution is -2.35. The number of halogens is 1. The fourth-order valence-corrected chi connectivity index (χ4v) is 3.20. The van der Waals surface area contributed by atoms with E-state index in [-0.39, 0.29) is 12.4 Å². The number of benzene rings is 1. The smallest absolute Gasteiger partial charge is 0.226 e. The van der Waals surface area contributed by atoms with E-state index < -0.39 is 0 Å². The molecule has 2 aromatic rings. The Morgan fingerprint density at radius 1 is 1.30 bits per heavy atom. The van der Waals surface area contributed by atoms with E-state index in [1.54, 1.807) is 6.26 Å². The molecule has 2 N–H and O–H groups in total. The number of oxazole rings is 1. The summed E-state index contributed by atoms with van der Waals surface area (Å²) in [6.45, 7) is 6.02. The van der Waals surface area contributed by atoms with Crippen LogP contribution in [0.2, 0.25) is 0 Å². The van der Waals surface area contributed by atoms with Crippen LogP contribution in [0.3, 0.4) is 0 Å². The van der Waals surface area contributed by atoms with Gasteiger partial charge >= 0.3 is 0 Å². The molecule has 3 rings (SSSR count). The largest absolute Gasteiger partial charge is 0.444 e. The third kappa shape index (κ3) is 4.80. The Balaban J connectivity index is 0.00000192. The third-order valence-electron chi connectivity index (χ3n) is 4.41.